The van der Waals surface area contributed by atoms with E-state index >= 15 is 0 Å². The SMILES string of the molecule is C=CCn1c(SCC(=O)N2C[C@H](C)C[C@H](C)C2)nnc1-c1ccccc1OC. The van der Waals surface area contributed by atoms with E-state index in [-0.39, 0.29) is 5.91 Å². The summed E-state index contributed by atoms with van der Waals surface area (Å²) in [6.07, 6.45) is 3.00. The molecule has 0 spiro atoms. The molecule has 150 valence electrons. The fourth-order valence-electron chi connectivity index (χ4n) is 3.80. The van der Waals surface area contributed by atoms with Crippen molar-refractivity contribution >= 4 is 17.7 Å². The van der Waals surface area contributed by atoms with Gasteiger partial charge in [-0.15, -0.1) is 16.8 Å². The number of allylic oxidation sites excluding steroid dienone is 1. The molecule has 0 aliphatic carbocycles. The van der Waals surface area contributed by atoms with Gasteiger partial charge in [-0.1, -0.05) is 43.8 Å². The Bertz CT molecular complexity index is 826. The van der Waals surface area contributed by atoms with Crippen molar-refractivity contribution < 1.29 is 9.53 Å². The summed E-state index contributed by atoms with van der Waals surface area (Å²) in [7, 11) is 1.64. The Hall–Kier alpha value is -2.28. The number of benzene rings is 1. The summed E-state index contributed by atoms with van der Waals surface area (Å²) < 4.78 is 7.44. The van der Waals surface area contributed by atoms with Gasteiger partial charge in [0, 0.05) is 19.6 Å². The predicted octanol–water partition coefficient (Wildman–Crippen LogP) is 3.74. The minimum absolute atomic E-state index is 0.162. The third-order valence-corrected chi connectivity index (χ3v) is 5.87. The first-order valence-electron chi connectivity index (χ1n) is 9.61. The summed E-state index contributed by atoms with van der Waals surface area (Å²) in [6.45, 7) is 10.5. The van der Waals surface area contributed by atoms with Crippen LogP contribution in [0.2, 0.25) is 0 Å². The molecule has 0 saturated carbocycles. The number of methoxy groups -OCH3 is 1. The predicted molar refractivity (Wildman–Crippen MR) is 112 cm³/mol. The highest BCUT2D eigenvalue weighted by molar-refractivity contribution is 7.99. The molecule has 1 aromatic heterocycles. The first-order chi connectivity index (χ1) is 13.5. The molecule has 1 fully saturated rings. The summed E-state index contributed by atoms with van der Waals surface area (Å²) in [5, 5.41) is 9.42. The van der Waals surface area contributed by atoms with Crippen molar-refractivity contribution in [3.63, 3.8) is 0 Å². The largest absolute Gasteiger partial charge is 0.496 e. The van der Waals surface area contributed by atoms with Crippen LogP contribution in [0.5, 0.6) is 5.75 Å². The maximum Gasteiger partial charge on any atom is 0.233 e. The number of carbonyl (C=O) groups excluding carboxylic acids is 1. The molecular weight excluding hydrogens is 372 g/mol. The number of ether oxygens (including phenoxy) is 1. The Morgan fingerprint density at radius 2 is 2.00 bits per heavy atom. The lowest BCUT2D eigenvalue weighted by Crippen LogP contribution is -2.43. The van der Waals surface area contributed by atoms with Gasteiger partial charge >= 0.3 is 0 Å². The molecule has 0 N–H and O–H groups in total. The van der Waals surface area contributed by atoms with Gasteiger partial charge in [-0.05, 0) is 30.4 Å². The van der Waals surface area contributed by atoms with E-state index in [0.717, 1.165) is 24.4 Å². The van der Waals surface area contributed by atoms with E-state index in [0.29, 0.717) is 35.1 Å². The molecule has 2 heterocycles. The summed E-state index contributed by atoms with van der Waals surface area (Å²) >= 11 is 1.43. The van der Waals surface area contributed by atoms with Crippen LogP contribution in [-0.2, 0) is 11.3 Å². The van der Waals surface area contributed by atoms with Gasteiger partial charge in [-0.25, -0.2) is 0 Å². The lowest BCUT2D eigenvalue weighted by Gasteiger charge is -2.34. The summed E-state index contributed by atoms with van der Waals surface area (Å²) in [4.78, 5) is 14.7. The van der Waals surface area contributed by atoms with E-state index < -0.39 is 0 Å². The van der Waals surface area contributed by atoms with Crippen molar-refractivity contribution in [3.05, 3.63) is 36.9 Å². The smallest absolute Gasteiger partial charge is 0.233 e. The number of aromatic nitrogens is 3. The van der Waals surface area contributed by atoms with Gasteiger partial charge in [-0.3, -0.25) is 9.36 Å². The average Bonchev–Trinajstić information content (AvgIpc) is 3.08. The number of nitrogens with zero attached hydrogens (tertiary/aromatic N) is 4. The van der Waals surface area contributed by atoms with E-state index in [1.807, 2.05) is 39.8 Å². The second kappa shape index (κ2) is 9.28. The van der Waals surface area contributed by atoms with Crippen LogP contribution < -0.4 is 4.74 Å². The lowest BCUT2D eigenvalue weighted by molar-refractivity contribution is -0.130. The maximum atomic E-state index is 12.7. The van der Waals surface area contributed by atoms with E-state index in [1.165, 1.54) is 18.2 Å². The van der Waals surface area contributed by atoms with E-state index in [1.54, 1.807) is 7.11 Å². The zero-order valence-corrected chi connectivity index (χ0v) is 17.6. The summed E-state index contributed by atoms with van der Waals surface area (Å²) in [5.74, 6) is 3.09. The number of hydrogen-bond acceptors (Lipinski definition) is 5. The van der Waals surface area contributed by atoms with Gasteiger partial charge in [0.05, 0.1) is 18.4 Å². The molecule has 2 aromatic rings. The van der Waals surface area contributed by atoms with Gasteiger partial charge in [0.25, 0.3) is 0 Å². The van der Waals surface area contributed by atoms with Crippen LogP contribution in [0.3, 0.4) is 0 Å². The van der Waals surface area contributed by atoms with Gasteiger partial charge in [0.1, 0.15) is 5.75 Å². The van der Waals surface area contributed by atoms with Crippen LogP contribution in [0, 0.1) is 11.8 Å². The molecule has 0 bridgehead atoms. The highest BCUT2D eigenvalue weighted by Gasteiger charge is 2.26. The summed E-state index contributed by atoms with van der Waals surface area (Å²) in [5.41, 5.74) is 0.871. The molecule has 1 saturated heterocycles. The standard InChI is InChI=1S/C21H28N4O2S/c1-5-10-25-20(17-8-6-7-9-18(17)27-4)22-23-21(25)28-14-19(26)24-12-15(2)11-16(3)13-24/h5-9,15-16H,1,10-14H2,2-4H3/t15-,16+. The monoisotopic (exact) mass is 400 g/mol. The van der Waals surface area contributed by atoms with Gasteiger partial charge < -0.3 is 9.64 Å². The fourth-order valence-corrected chi connectivity index (χ4v) is 4.65. The molecule has 28 heavy (non-hydrogen) atoms. The fraction of sp³-hybridized carbons (Fsp3) is 0.476. The molecule has 1 aliphatic heterocycles. The van der Waals surface area contributed by atoms with Gasteiger partial charge in [-0.2, -0.15) is 0 Å². The Morgan fingerprint density at radius 1 is 1.29 bits per heavy atom. The molecule has 1 amide bonds. The number of rotatable bonds is 7. The van der Waals surface area contributed by atoms with Gasteiger partial charge in [0.2, 0.25) is 5.91 Å². The molecule has 0 radical (unpaired) electrons. The van der Waals surface area contributed by atoms with Crippen molar-refractivity contribution in [1.29, 1.82) is 0 Å². The van der Waals surface area contributed by atoms with Crippen LogP contribution >= 0.6 is 11.8 Å². The number of hydrogen-bond donors (Lipinski definition) is 0. The normalized spacial score (nSPS) is 19.5. The van der Waals surface area contributed by atoms with Crippen molar-refractivity contribution in [2.75, 3.05) is 26.0 Å². The third-order valence-electron chi connectivity index (χ3n) is 4.92. The Balaban J connectivity index is 1.76. The second-order valence-electron chi connectivity index (χ2n) is 7.44. The number of carbonyl (C=O) groups is 1. The first-order valence-corrected chi connectivity index (χ1v) is 10.6. The van der Waals surface area contributed by atoms with Crippen molar-refractivity contribution in [3.8, 4) is 17.1 Å². The van der Waals surface area contributed by atoms with Crippen molar-refractivity contribution in [2.24, 2.45) is 11.8 Å². The van der Waals surface area contributed by atoms with Crippen LogP contribution in [0.15, 0.2) is 42.1 Å². The topological polar surface area (TPSA) is 60.2 Å². The number of thioether (sulfide) groups is 1. The highest BCUT2D eigenvalue weighted by Crippen LogP contribution is 2.31. The van der Waals surface area contributed by atoms with Crippen LogP contribution in [0.4, 0.5) is 0 Å². The van der Waals surface area contributed by atoms with E-state index in [9.17, 15) is 4.79 Å². The molecule has 0 unspecified atom stereocenters. The average molecular weight is 401 g/mol. The van der Waals surface area contributed by atoms with Crippen LogP contribution in [0.25, 0.3) is 11.4 Å². The lowest BCUT2D eigenvalue weighted by atomic mass is 9.92. The highest BCUT2D eigenvalue weighted by atomic mass is 32.2. The molecule has 7 heteroatoms. The number of likely N-dealkylation sites (tertiary alicyclic amines) is 1. The molecular formula is C21H28N4O2S. The van der Waals surface area contributed by atoms with E-state index in [2.05, 4.69) is 30.6 Å². The molecule has 1 aliphatic rings. The van der Waals surface area contributed by atoms with Crippen molar-refractivity contribution in [1.82, 2.24) is 19.7 Å². The Kier molecular flexibility index (Phi) is 6.78. The molecule has 6 nitrogen and oxygen atoms in total. The Labute approximate surface area is 171 Å². The minimum Gasteiger partial charge on any atom is -0.496 e. The molecule has 1 aromatic carbocycles. The van der Waals surface area contributed by atoms with Gasteiger partial charge in [0.15, 0.2) is 11.0 Å². The molecule has 2 atom stereocenters. The zero-order chi connectivity index (χ0) is 20.1. The van der Waals surface area contributed by atoms with E-state index in [4.69, 9.17) is 4.74 Å². The second-order valence-corrected chi connectivity index (χ2v) is 8.38. The number of para-hydroxylation sites is 1. The summed E-state index contributed by atoms with van der Waals surface area (Å²) in [6, 6.07) is 7.72. The molecule has 3 rings (SSSR count). The zero-order valence-electron chi connectivity index (χ0n) is 16.8. The van der Waals surface area contributed by atoms with Crippen molar-refractivity contribution in [2.45, 2.75) is 32.0 Å². The Morgan fingerprint density at radius 3 is 2.68 bits per heavy atom. The first kappa shape index (κ1) is 20.5. The number of piperidine rings is 1. The maximum absolute atomic E-state index is 12.7. The van der Waals surface area contributed by atoms with Crippen LogP contribution in [-0.4, -0.2) is 51.5 Å². The number of amides is 1. The minimum atomic E-state index is 0.162. The van der Waals surface area contributed by atoms with Crippen LogP contribution in [0.1, 0.15) is 20.3 Å². The third kappa shape index (κ3) is 4.58. The quantitative estimate of drug-likeness (QED) is 0.523.